The summed E-state index contributed by atoms with van der Waals surface area (Å²) in [6.07, 6.45) is 8.95. The van der Waals surface area contributed by atoms with Gasteiger partial charge in [0.1, 0.15) is 0 Å². The third kappa shape index (κ3) is 7.97. The number of aromatic hydroxyl groups is 1. The summed E-state index contributed by atoms with van der Waals surface area (Å²) in [5, 5.41) is 19.3. The summed E-state index contributed by atoms with van der Waals surface area (Å²) in [5.41, 5.74) is 1.47. The smallest absolute Gasteiger partial charge is 0.243 e. The SMILES string of the molecule is COc1cc2ccc1Oc1cc(ccc1O)/C=C/C(=O)NCCCNCCCCNC(=O)/C=C/2. The highest BCUT2D eigenvalue weighted by Gasteiger charge is 2.10. The van der Waals surface area contributed by atoms with Gasteiger partial charge >= 0.3 is 0 Å². The third-order valence-corrected chi connectivity index (χ3v) is 5.15. The molecule has 2 aliphatic rings. The van der Waals surface area contributed by atoms with Gasteiger partial charge in [0.05, 0.1) is 7.11 Å². The Kier molecular flexibility index (Phi) is 9.54. The molecule has 0 radical (unpaired) electrons. The van der Waals surface area contributed by atoms with Crippen LogP contribution < -0.4 is 25.4 Å². The number of amides is 2. The Morgan fingerprint density at radius 1 is 0.765 bits per heavy atom. The number of nitrogens with one attached hydrogen (secondary N) is 3. The van der Waals surface area contributed by atoms with Gasteiger partial charge in [0.25, 0.3) is 0 Å². The molecule has 8 nitrogen and oxygen atoms in total. The van der Waals surface area contributed by atoms with E-state index in [-0.39, 0.29) is 23.3 Å². The van der Waals surface area contributed by atoms with Crippen molar-refractivity contribution in [1.82, 2.24) is 16.0 Å². The minimum absolute atomic E-state index is 0.0433. The van der Waals surface area contributed by atoms with E-state index in [1.165, 1.54) is 25.3 Å². The highest BCUT2D eigenvalue weighted by Crippen LogP contribution is 2.37. The Bertz CT molecular complexity index is 1050. The van der Waals surface area contributed by atoms with Gasteiger partial charge in [-0.1, -0.05) is 12.1 Å². The maximum atomic E-state index is 12.1. The molecule has 0 saturated heterocycles. The van der Waals surface area contributed by atoms with Crippen LogP contribution in [-0.4, -0.2) is 50.2 Å². The molecule has 0 fully saturated rings. The number of carbonyl (C=O) groups excluding carboxylic acids is 2. The third-order valence-electron chi connectivity index (χ3n) is 5.15. The van der Waals surface area contributed by atoms with Gasteiger partial charge in [0.2, 0.25) is 11.8 Å². The Labute approximate surface area is 199 Å². The Balaban J connectivity index is 1.81. The number of phenols is 1. The number of carbonyl (C=O) groups is 2. The van der Waals surface area contributed by atoms with Crippen LogP contribution in [0.3, 0.4) is 0 Å². The summed E-state index contributed by atoms with van der Waals surface area (Å²) in [5.74, 6) is 0.686. The van der Waals surface area contributed by atoms with Crippen LogP contribution >= 0.6 is 0 Å². The first-order valence-corrected chi connectivity index (χ1v) is 11.4. The highest BCUT2D eigenvalue weighted by atomic mass is 16.5. The molecule has 2 aromatic rings. The summed E-state index contributed by atoms with van der Waals surface area (Å²) in [7, 11) is 1.52. The predicted molar refractivity (Wildman–Crippen MR) is 132 cm³/mol. The van der Waals surface area contributed by atoms with Gasteiger partial charge in [0, 0.05) is 25.2 Å². The van der Waals surface area contributed by atoms with Crippen LogP contribution in [0.25, 0.3) is 12.2 Å². The van der Waals surface area contributed by atoms with Gasteiger partial charge in [-0.05, 0) is 79.9 Å². The second-order valence-electron chi connectivity index (χ2n) is 7.80. The van der Waals surface area contributed by atoms with Crippen molar-refractivity contribution >= 4 is 24.0 Å². The van der Waals surface area contributed by atoms with Crippen LogP contribution in [0.1, 0.15) is 30.4 Å². The average Bonchev–Trinajstić information content (AvgIpc) is 2.84. The number of hydrogen-bond acceptors (Lipinski definition) is 6. The first kappa shape index (κ1) is 24.9. The minimum atomic E-state index is -0.189. The van der Waals surface area contributed by atoms with E-state index in [1.807, 2.05) is 0 Å². The van der Waals surface area contributed by atoms with Crippen molar-refractivity contribution in [1.29, 1.82) is 0 Å². The first-order valence-electron chi connectivity index (χ1n) is 11.4. The van der Waals surface area contributed by atoms with Crippen molar-refractivity contribution in [3.8, 4) is 23.0 Å². The minimum Gasteiger partial charge on any atom is -0.504 e. The Hall–Kier alpha value is -3.78. The summed E-state index contributed by atoms with van der Waals surface area (Å²) in [4.78, 5) is 24.2. The molecule has 34 heavy (non-hydrogen) atoms. The lowest BCUT2D eigenvalue weighted by Crippen LogP contribution is -2.27. The van der Waals surface area contributed by atoms with Crippen molar-refractivity contribution in [2.45, 2.75) is 19.3 Å². The number of fused-ring (bicyclic) bond motifs is 15. The lowest BCUT2D eigenvalue weighted by Gasteiger charge is -2.12. The molecule has 8 heteroatoms. The van der Waals surface area contributed by atoms with Crippen molar-refractivity contribution in [2.75, 3.05) is 33.3 Å². The zero-order valence-electron chi connectivity index (χ0n) is 19.3. The molecule has 4 N–H and O–H groups in total. The average molecular weight is 466 g/mol. The Morgan fingerprint density at radius 2 is 1.38 bits per heavy atom. The first-order chi connectivity index (χ1) is 16.5. The van der Waals surface area contributed by atoms with Crippen molar-refractivity contribution < 1.29 is 24.2 Å². The molecule has 0 spiro atoms. The van der Waals surface area contributed by atoms with Gasteiger partial charge in [-0.25, -0.2) is 0 Å². The fourth-order valence-electron chi connectivity index (χ4n) is 3.31. The fraction of sp³-hybridized carbons (Fsp3) is 0.308. The standard InChI is InChI=1S/C26H31N3O5/c1-33-24-18-20-6-10-22(24)34-23-17-19(5-9-21(23)30)7-11-26(32)29-16-4-14-27-13-2-3-15-28-25(31)12-8-20/h5-12,17-18,27,30H,2-4,13-16H2,1H3,(H,28,31)(H,29,32)/b11-7+,12-8+. The molecule has 0 aliphatic carbocycles. The van der Waals surface area contributed by atoms with Crippen molar-refractivity contribution in [3.05, 3.63) is 59.7 Å². The van der Waals surface area contributed by atoms with E-state index in [1.54, 1.807) is 42.5 Å². The molecule has 2 heterocycles. The number of benzene rings is 2. The van der Waals surface area contributed by atoms with Crippen LogP contribution in [-0.2, 0) is 9.59 Å². The second kappa shape index (κ2) is 13.1. The molecule has 4 rings (SSSR count). The molecule has 2 amide bonds. The van der Waals surface area contributed by atoms with Crippen LogP contribution in [0, 0.1) is 0 Å². The summed E-state index contributed by atoms with van der Waals surface area (Å²) in [6.45, 7) is 2.83. The molecule has 0 saturated carbocycles. The van der Waals surface area contributed by atoms with E-state index in [0.29, 0.717) is 30.2 Å². The second-order valence-corrected chi connectivity index (χ2v) is 7.80. The zero-order chi connectivity index (χ0) is 24.2. The molecule has 0 unspecified atom stereocenters. The molecule has 2 aromatic carbocycles. The molecule has 2 aliphatic heterocycles. The highest BCUT2D eigenvalue weighted by molar-refractivity contribution is 5.92. The van der Waals surface area contributed by atoms with Gasteiger partial charge in [-0.15, -0.1) is 0 Å². The van der Waals surface area contributed by atoms with Gasteiger partial charge in [-0.2, -0.15) is 0 Å². The summed E-state index contributed by atoms with van der Waals surface area (Å²) >= 11 is 0. The van der Waals surface area contributed by atoms with E-state index in [9.17, 15) is 14.7 Å². The Morgan fingerprint density at radius 3 is 2.12 bits per heavy atom. The number of methoxy groups -OCH3 is 1. The number of ether oxygens (including phenoxy) is 2. The topological polar surface area (TPSA) is 109 Å². The van der Waals surface area contributed by atoms with Crippen LogP contribution in [0.15, 0.2) is 48.6 Å². The molecular weight excluding hydrogens is 434 g/mol. The molecular formula is C26H31N3O5. The number of rotatable bonds is 1. The van der Waals surface area contributed by atoms with E-state index in [2.05, 4.69) is 16.0 Å². The van der Waals surface area contributed by atoms with Crippen molar-refractivity contribution in [3.63, 3.8) is 0 Å². The normalized spacial score (nSPS) is 18.0. The van der Waals surface area contributed by atoms with Crippen LogP contribution in [0.5, 0.6) is 23.0 Å². The number of phenolic OH excluding ortho intramolecular Hbond substituents is 1. The zero-order valence-corrected chi connectivity index (χ0v) is 19.3. The maximum absolute atomic E-state index is 12.1. The van der Waals surface area contributed by atoms with Crippen molar-refractivity contribution in [2.24, 2.45) is 0 Å². The van der Waals surface area contributed by atoms with E-state index in [0.717, 1.165) is 37.9 Å². The predicted octanol–water partition coefficient (Wildman–Crippen LogP) is 3.23. The molecule has 4 bridgehead atoms. The largest absolute Gasteiger partial charge is 0.504 e. The monoisotopic (exact) mass is 465 g/mol. The van der Waals surface area contributed by atoms with E-state index in [4.69, 9.17) is 9.47 Å². The van der Waals surface area contributed by atoms with Gasteiger partial charge < -0.3 is 30.5 Å². The lowest BCUT2D eigenvalue weighted by atomic mass is 10.1. The molecule has 0 aromatic heterocycles. The van der Waals surface area contributed by atoms with E-state index >= 15 is 0 Å². The quantitative estimate of drug-likeness (QED) is 0.515. The summed E-state index contributed by atoms with van der Waals surface area (Å²) < 4.78 is 11.3. The lowest BCUT2D eigenvalue weighted by molar-refractivity contribution is -0.117. The van der Waals surface area contributed by atoms with Crippen LogP contribution in [0.2, 0.25) is 0 Å². The maximum Gasteiger partial charge on any atom is 0.243 e. The molecule has 0 atom stereocenters. The van der Waals surface area contributed by atoms with Gasteiger partial charge in [-0.3, -0.25) is 9.59 Å². The molecule has 180 valence electrons. The van der Waals surface area contributed by atoms with Gasteiger partial charge in [0.15, 0.2) is 23.0 Å². The van der Waals surface area contributed by atoms with E-state index < -0.39 is 0 Å². The number of hydrogen-bond donors (Lipinski definition) is 4. The fourth-order valence-corrected chi connectivity index (χ4v) is 3.31. The van der Waals surface area contributed by atoms with Crippen LogP contribution in [0.4, 0.5) is 0 Å². The summed E-state index contributed by atoms with van der Waals surface area (Å²) in [6, 6.07) is 10.1.